The van der Waals surface area contributed by atoms with Crippen molar-refractivity contribution in [3.63, 3.8) is 0 Å². The normalized spacial score (nSPS) is 14.2. The smallest absolute Gasteiger partial charge is 0.139 e. The molecule has 0 unspecified atom stereocenters. The van der Waals surface area contributed by atoms with Gasteiger partial charge in [-0.2, -0.15) is 0 Å². The van der Waals surface area contributed by atoms with E-state index in [1.165, 1.54) is 0 Å². The Morgan fingerprint density at radius 2 is 1.95 bits per heavy atom. The van der Waals surface area contributed by atoms with Gasteiger partial charge in [0, 0.05) is 33.3 Å². The zero-order valence-electron chi connectivity index (χ0n) is 9.87. The van der Waals surface area contributed by atoms with Gasteiger partial charge in [-0.25, -0.2) is 4.98 Å². The lowest BCUT2D eigenvalue weighted by Gasteiger charge is -2.17. The largest absolute Gasteiger partial charge is 0.376 e. The molecule has 6 heteroatoms. The van der Waals surface area contributed by atoms with Crippen LogP contribution in [0.1, 0.15) is 11.3 Å². The van der Waals surface area contributed by atoms with Crippen molar-refractivity contribution in [2.75, 3.05) is 6.61 Å². The molecular formula is C13H10Cl2N2OS. The molecule has 1 aromatic heterocycles. The van der Waals surface area contributed by atoms with Crippen LogP contribution in [0.4, 0.5) is 0 Å². The molecule has 0 fully saturated rings. The Balaban J connectivity index is 2.15. The van der Waals surface area contributed by atoms with Crippen molar-refractivity contribution in [3.8, 4) is 11.4 Å². The molecule has 1 N–H and O–H groups in total. The van der Waals surface area contributed by atoms with Crippen LogP contribution < -0.4 is 0 Å². The minimum atomic E-state index is 0.522. The number of ether oxygens (including phenoxy) is 1. The van der Waals surface area contributed by atoms with Gasteiger partial charge in [-0.3, -0.25) is 0 Å². The molecule has 0 saturated heterocycles. The maximum Gasteiger partial charge on any atom is 0.139 e. The number of nitrogens with one attached hydrogen (secondary N) is 1. The number of fused-ring (bicyclic) bond motifs is 1. The summed E-state index contributed by atoms with van der Waals surface area (Å²) in [5, 5.41) is 1.15. The Bertz CT molecular complexity index is 679. The molecule has 19 heavy (non-hydrogen) atoms. The lowest BCUT2D eigenvalue weighted by molar-refractivity contribution is 0.108. The van der Waals surface area contributed by atoms with Crippen molar-refractivity contribution in [2.24, 2.45) is 0 Å². The fraction of sp³-hybridized carbons (Fsp3) is 0.231. The number of hydrogen-bond acceptors (Lipinski definition) is 3. The highest BCUT2D eigenvalue weighted by Gasteiger charge is 2.14. The summed E-state index contributed by atoms with van der Waals surface area (Å²) in [6.07, 6.45) is 0.808. The van der Waals surface area contributed by atoms with Gasteiger partial charge in [0.15, 0.2) is 0 Å². The van der Waals surface area contributed by atoms with Gasteiger partial charge in [-0.1, -0.05) is 35.4 Å². The molecule has 1 aliphatic rings. The average molecular weight is 313 g/mol. The third-order valence-corrected chi connectivity index (χ3v) is 3.76. The Kier molecular flexibility index (Phi) is 3.58. The van der Waals surface area contributed by atoms with Gasteiger partial charge in [-0.05, 0) is 18.2 Å². The van der Waals surface area contributed by atoms with Gasteiger partial charge >= 0.3 is 0 Å². The SMILES string of the molecule is S=c1nc(-c2cc(Cl)cc(Cl)c2)[nH]c2c1COCC2. The predicted octanol–water partition coefficient (Wildman–Crippen LogP) is 4.19. The highest BCUT2D eigenvalue weighted by molar-refractivity contribution is 7.71. The van der Waals surface area contributed by atoms with Crippen molar-refractivity contribution in [1.82, 2.24) is 9.97 Å². The number of aromatic nitrogens is 2. The fourth-order valence-electron chi connectivity index (χ4n) is 2.08. The molecule has 0 bridgehead atoms. The Morgan fingerprint density at radius 1 is 1.21 bits per heavy atom. The lowest BCUT2D eigenvalue weighted by atomic mass is 10.1. The van der Waals surface area contributed by atoms with Crippen LogP contribution in [0.5, 0.6) is 0 Å². The molecule has 0 aliphatic carbocycles. The number of H-pyrrole nitrogens is 1. The third kappa shape index (κ3) is 2.67. The van der Waals surface area contributed by atoms with E-state index in [1.807, 2.05) is 12.1 Å². The number of rotatable bonds is 1. The minimum absolute atomic E-state index is 0.522. The first-order valence-electron chi connectivity index (χ1n) is 5.80. The molecule has 2 aromatic rings. The monoisotopic (exact) mass is 312 g/mol. The molecule has 3 nitrogen and oxygen atoms in total. The van der Waals surface area contributed by atoms with Gasteiger partial charge in [0.05, 0.1) is 13.2 Å². The second-order valence-electron chi connectivity index (χ2n) is 4.31. The Morgan fingerprint density at radius 3 is 2.68 bits per heavy atom. The lowest BCUT2D eigenvalue weighted by Crippen LogP contribution is -2.14. The minimum Gasteiger partial charge on any atom is -0.376 e. The zero-order chi connectivity index (χ0) is 13.4. The van der Waals surface area contributed by atoms with Crippen LogP contribution >= 0.6 is 35.4 Å². The average Bonchev–Trinajstić information content (AvgIpc) is 2.37. The van der Waals surface area contributed by atoms with Crippen LogP contribution in [0.25, 0.3) is 11.4 Å². The summed E-state index contributed by atoms with van der Waals surface area (Å²) in [4.78, 5) is 7.70. The molecule has 3 rings (SSSR count). The van der Waals surface area contributed by atoms with E-state index in [-0.39, 0.29) is 0 Å². The number of aromatic amines is 1. The summed E-state index contributed by atoms with van der Waals surface area (Å²) < 4.78 is 5.96. The molecular weight excluding hydrogens is 303 g/mol. The molecule has 2 heterocycles. The number of hydrogen-bond donors (Lipinski definition) is 1. The summed E-state index contributed by atoms with van der Waals surface area (Å²) in [5.41, 5.74) is 2.88. The van der Waals surface area contributed by atoms with Crippen LogP contribution in [0.15, 0.2) is 18.2 Å². The Hall–Kier alpha value is -0.940. The van der Waals surface area contributed by atoms with E-state index in [2.05, 4.69) is 9.97 Å². The van der Waals surface area contributed by atoms with E-state index in [0.29, 0.717) is 33.7 Å². The van der Waals surface area contributed by atoms with E-state index >= 15 is 0 Å². The van der Waals surface area contributed by atoms with Crippen LogP contribution in [0.2, 0.25) is 10.0 Å². The summed E-state index contributed by atoms with van der Waals surface area (Å²) in [7, 11) is 0. The number of nitrogens with zero attached hydrogens (tertiary/aromatic N) is 1. The van der Waals surface area contributed by atoms with Crippen LogP contribution in [-0.4, -0.2) is 16.6 Å². The number of benzene rings is 1. The summed E-state index contributed by atoms with van der Waals surface area (Å²) in [6.45, 7) is 1.21. The molecule has 1 aromatic carbocycles. The fourth-order valence-corrected chi connectivity index (χ4v) is 2.88. The van der Waals surface area contributed by atoms with E-state index in [0.717, 1.165) is 23.2 Å². The van der Waals surface area contributed by atoms with Gasteiger partial charge < -0.3 is 9.72 Å². The molecule has 98 valence electrons. The standard InChI is InChI=1S/C13H10Cl2N2OS/c14-8-3-7(4-9(15)5-8)12-16-11-1-2-18-6-10(11)13(19)17-12/h3-5H,1-2,6H2,(H,16,17,19). The second kappa shape index (κ2) is 5.21. The Labute approximate surface area is 125 Å². The van der Waals surface area contributed by atoms with Crippen LogP contribution in [0.3, 0.4) is 0 Å². The van der Waals surface area contributed by atoms with Crippen LogP contribution in [-0.2, 0) is 17.8 Å². The van der Waals surface area contributed by atoms with E-state index in [1.54, 1.807) is 6.07 Å². The van der Waals surface area contributed by atoms with E-state index in [9.17, 15) is 0 Å². The van der Waals surface area contributed by atoms with E-state index < -0.39 is 0 Å². The van der Waals surface area contributed by atoms with Gasteiger partial charge in [0.2, 0.25) is 0 Å². The van der Waals surface area contributed by atoms with Crippen molar-refractivity contribution < 1.29 is 4.74 Å². The zero-order valence-corrected chi connectivity index (χ0v) is 12.2. The number of halogens is 2. The molecule has 0 atom stereocenters. The highest BCUT2D eigenvalue weighted by Crippen LogP contribution is 2.26. The maximum absolute atomic E-state index is 6.01. The van der Waals surface area contributed by atoms with Crippen molar-refractivity contribution in [3.05, 3.63) is 44.1 Å². The maximum atomic E-state index is 6.01. The highest BCUT2D eigenvalue weighted by atomic mass is 35.5. The van der Waals surface area contributed by atoms with Gasteiger partial charge in [-0.15, -0.1) is 0 Å². The quantitative estimate of drug-likeness (QED) is 0.802. The molecule has 0 amide bonds. The van der Waals surface area contributed by atoms with Crippen LogP contribution in [0, 0.1) is 4.64 Å². The van der Waals surface area contributed by atoms with Crippen molar-refractivity contribution >= 4 is 35.4 Å². The van der Waals surface area contributed by atoms with Gasteiger partial charge in [0.25, 0.3) is 0 Å². The molecule has 0 spiro atoms. The molecule has 1 aliphatic heterocycles. The predicted molar refractivity (Wildman–Crippen MR) is 78.2 cm³/mol. The van der Waals surface area contributed by atoms with Crippen molar-refractivity contribution in [2.45, 2.75) is 13.0 Å². The van der Waals surface area contributed by atoms with Crippen molar-refractivity contribution in [1.29, 1.82) is 0 Å². The summed E-state index contributed by atoms with van der Waals surface area (Å²) in [6, 6.07) is 5.31. The van der Waals surface area contributed by atoms with E-state index in [4.69, 9.17) is 40.2 Å². The third-order valence-electron chi connectivity index (χ3n) is 2.98. The first-order chi connectivity index (χ1) is 9.13. The topological polar surface area (TPSA) is 37.9 Å². The second-order valence-corrected chi connectivity index (χ2v) is 5.57. The molecule has 0 saturated carbocycles. The summed E-state index contributed by atoms with van der Waals surface area (Å²) in [5.74, 6) is 0.690. The van der Waals surface area contributed by atoms with Gasteiger partial charge in [0.1, 0.15) is 10.5 Å². The molecule has 0 radical (unpaired) electrons. The first kappa shape index (κ1) is 13.1. The first-order valence-corrected chi connectivity index (χ1v) is 6.96. The summed E-state index contributed by atoms with van der Waals surface area (Å²) >= 11 is 17.3.